The molecule has 2 atom stereocenters. The number of esters is 1. The number of rotatable bonds is 8. The summed E-state index contributed by atoms with van der Waals surface area (Å²) in [5.74, 6) is 0.644. The van der Waals surface area contributed by atoms with Crippen LogP contribution in [-0.4, -0.2) is 25.7 Å². The molecule has 190 valence electrons. The molecule has 0 spiro atoms. The standard InChI is InChI=1S/C32H32FNO3/c1-21-18-22(32(35)36-2)13-15-25(21)29-19-24(37-31-12-6-5-11-28(29)31)8-7-17-34-20-23-14-16-30(33)27-10-4-3-9-26(23)27/h3-6,9-16,18,24,29,34H,7-8,17,19-20H2,1-2H3. The van der Waals surface area contributed by atoms with Gasteiger partial charge in [-0.2, -0.15) is 0 Å². The van der Waals surface area contributed by atoms with Crippen molar-refractivity contribution in [1.29, 1.82) is 0 Å². The number of hydrogen-bond donors (Lipinski definition) is 1. The average molecular weight is 498 g/mol. The highest BCUT2D eigenvalue weighted by molar-refractivity contribution is 5.89. The molecular formula is C32H32FNO3. The number of halogens is 1. The molecule has 0 fully saturated rings. The first-order chi connectivity index (χ1) is 18.0. The highest BCUT2D eigenvalue weighted by Crippen LogP contribution is 2.42. The van der Waals surface area contributed by atoms with Crippen molar-refractivity contribution < 1.29 is 18.7 Å². The summed E-state index contributed by atoms with van der Waals surface area (Å²) in [6.07, 6.45) is 2.89. The molecule has 0 radical (unpaired) electrons. The highest BCUT2D eigenvalue weighted by atomic mass is 19.1. The fourth-order valence-corrected chi connectivity index (χ4v) is 5.43. The zero-order valence-corrected chi connectivity index (χ0v) is 21.3. The van der Waals surface area contributed by atoms with Gasteiger partial charge in [0, 0.05) is 23.4 Å². The number of hydrogen-bond acceptors (Lipinski definition) is 4. The molecule has 1 aliphatic heterocycles. The van der Waals surface area contributed by atoms with Gasteiger partial charge in [0.1, 0.15) is 11.6 Å². The summed E-state index contributed by atoms with van der Waals surface area (Å²) >= 11 is 0. The minimum absolute atomic E-state index is 0.105. The van der Waals surface area contributed by atoms with Crippen LogP contribution in [0.2, 0.25) is 0 Å². The molecule has 1 N–H and O–H groups in total. The third kappa shape index (κ3) is 5.37. The van der Waals surface area contributed by atoms with Gasteiger partial charge in [-0.1, -0.05) is 54.6 Å². The molecule has 4 aromatic rings. The number of benzene rings is 4. The van der Waals surface area contributed by atoms with E-state index in [2.05, 4.69) is 30.4 Å². The summed E-state index contributed by atoms with van der Waals surface area (Å²) in [6.45, 7) is 3.60. The quantitative estimate of drug-likeness (QED) is 0.212. The normalized spacial score (nSPS) is 16.7. The molecule has 1 aliphatic rings. The molecule has 4 aromatic carbocycles. The molecule has 37 heavy (non-hydrogen) atoms. The lowest BCUT2D eigenvalue weighted by Gasteiger charge is -2.33. The lowest BCUT2D eigenvalue weighted by atomic mass is 9.81. The molecule has 1 heterocycles. The van der Waals surface area contributed by atoms with Crippen molar-refractivity contribution in [3.05, 3.63) is 112 Å². The van der Waals surface area contributed by atoms with Crippen molar-refractivity contribution in [2.45, 2.75) is 44.8 Å². The number of aryl methyl sites for hydroxylation is 1. The van der Waals surface area contributed by atoms with Crippen molar-refractivity contribution in [3.63, 3.8) is 0 Å². The van der Waals surface area contributed by atoms with Crippen LogP contribution in [0.15, 0.2) is 78.9 Å². The largest absolute Gasteiger partial charge is 0.490 e. The fraction of sp³-hybridized carbons (Fsp3) is 0.281. The van der Waals surface area contributed by atoms with Crippen molar-refractivity contribution in [1.82, 2.24) is 5.32 Å². The van der Waals surface area contributed by atoms with Gasteiger partial charge in [-0.3, -0.25) is 0 Å². The molecule has 0 saturated heterocycles. The monoisotopic (exact) mass is 497 g/mol. The summed E-state index contributed by atoms with van der Waals surface area (Å²) in [6, 6.07) is 25.1. The molecule has 0 aliphatic carbocycles. The molecular weight excluding hydrogens is 465 g/mol. The van der Waals surface area contributed by atoms with E-state index in [1.54, 1.807) is 6.07 Å². The van der Waals surface area contributed by atoms with Crippen molar-refractivity contribution in [2.24, 2.45) is 0 Å². The Morgan fingerprint density at radius 2 is 1.78 bits per heavy atom. The molecule has 0 amide bonds. The Balaban J connectivity index is 1.23. The van der Waals surface area contributed by atoms with Crippen LogP contribution >= 0.6 is 0 Å². The summed E-state index contributed by atoms with van der Waals surface area (Å²) in [7, 11) is 1.40. The van der Waals surface area contributed by atoms with E-state index in [4.69, 9.17) is 9.47 Å². The van der Waals surface area contributed by atoms with Crippen molar-refractivity contribution in [3.8, 4) is 5.75 Å². The second kappa shape index (κ2) is 11.1. The molecule has 0 saturated carbocycles. The van der Waals surface area contributed by atoms with Gasteiger partial charge in [0.15, 0.2) is 0 Å². The number of carbonyl (C=O) groups is 1. The molecule has 4 nitrogen and oxygen atoms in total. The average Bonchev–Trinajstić information content (AvgIpc) is 2.93. The summed E-state index contributed by atoms with van der Waals surface area (Å²) in [5, 5.41) is 5.15. The van der Waals surface area contributed by atoms with E-state index in [0.29, 0.717) is 17.5 Å². The van der Waals surface area contributed by atoms with E-state index in [0.717, 1.165) is 48.1 Å². The van der Waals surface area contributed by atoms with Gasteiger partial charge >= 0.3 is 5.97 Å². The topological polar surface area (TPSA) is 47.6 Å². The van der Waals surface area contributed by atoms with Gasteiger partial charge in [0.2, 0.25) is 0 Å². The van der Waals surface area contributed by atoms with Crippen LogP contribution in [0.4, 0.5) is 4.39 Å². The van der Waals surface area contributed by atoms with Gasteiger partial charge in [-0.05, 0) is 79.1 Å². The maximum absolute atomic E-state index is 14.1. The van der Waals surface area contributed by atoms with Gasteiger partial charge in [-0.15, -0.1) is 0 Å². The van der Waals surface area contributed by atoms with Crippen molar-refractivity contribution >= 4 is 16.7 Å². The first-order valence-corrected chi connectivity index (χ1v) is 12.9. The zero-order valence-electron chi connectivity index (χ0n) is 21.3. The number of carbonyl (C=O) groups excluding carboxylic acids is 1. The van der Waals surface area contributed by atoms with E-state index in [1.165, 1.54) is 18.2 Å². The molecule has 0 aromatic heterocycles. The first-order valence-electron chi connectivity index (χ1n) is 12.9. The Morgan fingerprint density at radius 1 is 1.00 bits per heavy atom. The summed E-state index contributed by atoms with van der Waals surface area (Å²) in [4.78, 5) is 12.0. The van der Waals surface area contributed by atoms with Crippen LogP contribution in [0, 0.1) is 12.7 Å². The Hall–Kier alpha value is -3.70. The van der Waals surface area contributed by atoms with Crippen LogP contribution in [0.1, 0.15) is 57.8 Å². The van der Waals surface area contributed by atoms with E-state index in [-0.39, 0.29) is 23.8 Å². The lowest BCUT2D eigenvalue weighted by Crippen LogP contribution is -2.28. The maximum Gasteiger partial charge on any atom is 0.337 e. The number of para-hydroxylation sites is 1. The summed E-state index contributed by atoms with van der Waals surface area (Å²) < 4.78 is 25.4. The highest BCUT2D eigenvalue weighted by Gasteiger charge is 2.30. The Kier molecular flexibility index (Phi) is 7.52. The Labute approximate surface area is 217 Å². The lowest BCUT2D eigenvalue weighted by molar-refractivity contribution is 0.0600. The Morgan fingerprint density at radius 3 is 2.59 bits per heavy atom. The number of nitrogens with one attached hydrogen (secondary N) is 1. The van der Waals surface area contributed by atoms with Crippen LogP contribution in [0.25, 0.3) is 10.8 Å². The van der Waals surface area contributed by atoms with Crippen molar-refractivity contribution in [2.75, 3.05) is 13.7 Å². The van der Waals surface area contributed by atoms with Gasteiger partial charge < -0.3 is 14.8 Å². The van der Waals surface area contributed by atoms with Crippen LogP contribution < -0.4 is 10.1 Å². The Bertz CT molecular complexity index is 1420. The fourth-order valence-electron chi connectivity index (χ4n) is 5.43. The van der Waals surface area contributed by atoms with E-state index < -0.39 is 0 Å². The van der Waals surface area contributed by atoms with Crippen LogP contribution in [-0.2, 0) is 11.3 Å². The van der Waals surface area contributed by atoms with E-state index in [9.17, 15) is 9.18 Å². The third-order valence-electron chi connectivity index (χ3n) is 7.31. The number of fused-ring (bicyclic) bond motifs is 2. The molecule has 2 unspecified atom stereocenters. The van der Waals surface area contributed by atoms with E-state index >= 15 is 0 Å². The zero-order chi connectivity index (χ0) is 25.8. The second-order valence-corrected chi connectivity index (χ2v) is 9.70. The second-order valence-electron chi connectivity index (χ2n) is 9.70. The number of ether oxygens (including phenoxy) is 2. The predicted octanol–water partition coefficient (Wildman–Crippen LogP) is 6.93. The van der Waals surface area contributed by atoms with Crippen LogP contribution in [0.3, 0.4) is 0 Å². The predicted molar refractivity (Wildman–Crippen MR) is 145 cm³/mol. The molecule has 5 rings (SSSR count). The number of methoxy groups -OCH3 is 1. The minimum atomic E-state index is -0.318. The van der Waals surface area contributed by atoms with Crippen LogP contribution in [0.5, 0.6) is 5.75 Å². The van der Waals surface area contributed by atoms with Gasteiger partial charge in [0.25, 0.3) is 0 Å². The minimum Gasteiger partial charge on any atom is -0.490 e. The molecule has 5 heteroatoms. The smallest absolute Gasteiger partial charge is 0.337 e. The summed E-state index contributed by atoms with van der Waals surface area (Å²) in [5.41, 5.74) is 5.16. The van der Waals surface area contributed by atoms with Gasteiger partial charge in [-0.25, -0.2) is 9.18 Å². The van der Waals surface area contributed by atoms with E-state index in [1.807, 2.05) is 54.6 Å². The SMILES string of the molecule is COC(=O)c1ccc(C2CC(CCCNCc3ccc(F)c4ccccc34)Oc3ccccc32)c(C)c1. The van der Waals surface area contributed by atoms with Gasteiger partial charge in [0.05, 0.1) is 18.8 Å². The molecule has 0 bridgehead atoms. The first kappa shape index (κ1) is 25.0. The third-order valence-corrected chi connectivity index (χ3v) is 7.31. The maximum atomic E-state index is 14.1.